The van der Waals surface area contributed by atoms with Crippen molar-refractivity contribution in [3.8, 4) is 0 Å². The Balaban J connectivity index is 2.05. The summed E-state index contributed by atoms with van der Waals surface area (Å²) in [4.78, 5) is 17.4. The number of aliphatic hydroxyl groups excluding tert-OH is 1. The van der Waals surface area contributed by atoms with Crippen LogP contribution in [0.25, 0.3) is 0 Å². The van der Waals surface area contributed by atoms with Gasteiger partial charge < -0.3 is 16.2 Å². The molecule has 0 aliphatic rings. The Bertz CT molecular complexity index is 667. The quantitative estimate of drug-likeness (QED) is 0.567. The van der Waals surface area contributed by atoms with E-state index in [1.54, 1.807) is 24.3 Å². The zero-order valence-electron chi connectivity index (χ0n) is 10.7. The van der Waals surface area contributed by atoms with E-state index in [0.29, 0.717) is 10.6 Å². The Morgan fingerprint density at radius 1 is 1.48 bits per heavy atom. The predicted octanol–water partition coefficient (Wildman–Crippen LogP) is 1.77. The van der Waals surface area contributed by atoms with E-state index in [0.717, 1.165) is 6.20 Å². The Labute approximate surface area is 124 Å². The van der Waals surface area contributed by atoms with Crippen LogP contribution in [0.15, 0.2) is 30.5 Å². The molecule has 8 nitrogen and oxygen atoms in total. The van der Waals surface area contributed by atoms with Gasteiger partial charge in [0.05, 0.1) is 11.0 Å². The highest BCUT2D eigenvalue weighted by Crippen LogP contribution is 2.23. The molecule has 0 spiro atoms. The molecule has 2 aromatic rings. The van der Waals surface area contributed by atoms with E-state index in [2.05, 4.69) is 15.3 Å². The molecule has 0 aliphatic carbocycles. The van der Waals surface area contributed by atoms with Crippen LogP contribution in [0.1, 0.15) is 11.7 Å². The molecule has 1 atom stereocenters. The second-order valence-corrected chi connectivity index (χ2v) is 4.55. The van der Waals surface area contributed by atoms with Gasteiger partial charge in [-0.1, -0.05) is 29.8 Å². The summed E-state index contributed by atoms with van der Waals surface area (Å²) in [5.74, 6) is -0.158. The Kier molecular flexibility index (Phi) is 4.51. The first-order valence-electron chi connectivity index (χ1n) is 5.92. The lowest BCUT2D eigenvalue weighted by Gasteiger charge is -2.13. The van der Waals surface area contributed by atoms with Gasteiger partial charge in [-0.3, -0.25) is 10.1 Å². The van der Waals surface area contributed by atoms with Crippen LogP contribution in [0, 0.1) is 10.1 Å². The summed E-state index contributed by atoms with van der Waals surface area (Å²) in [6.45, 7) is 0.0843. The number of aromatic nitrogens is 2. The third-order valence-corrected chi connectivity index (χ3v) is 3.06. The zero-order chi connectivity index (χ0) is 15.4. The van der Waals surface area contributed by atoms with Gasteiger partial charge in [-0.05, 0) is 6.07 Å². The fourth-order valence-electron chi connectivity index (χ4n) is 1.66. The Hall–Kier alpha value is -2.45. The van der Waals surface area contributed by atoms with Crippen molar-refractivity contribution in [1.29, 1.82) is 0 Å². The van der Waals surface area contributed by atoms with Crippen molar-refractivity contribution in [3.05, 3.63) is 51.2 Å². The SMILES string of the molecule is Nc1nc(NCC(O)c2ccccc2Cl)ncc1[N+](=O)[O-]. The van der Waals surface area contributed by atoms with E-state index in [1.165, 1.54) is 0 Å². The van der Waals surface area contributed by atoms with Crippen molar-refractivity contribution in [2.75, 3.05) is 17.6 Å². The smallest absolute Gasteiger partial charge is 0.329 e. The van der Waals surface area contributed by atoms with Crippen molar-refractivity contribution in [3.63, 3.8) is 0 Å². The predicted molar refractivity (Wildman–Crippen MR) is 78.0 cm³/mol. The number of aliphatic hydroxyl groups is 1. The first-order chi connectivity index (χ1) is 9.99. The lowest BCUT2D eigenvalue weighted by Crippen LogP contribution is -2.15. The average Bonchev–Trinajstić information content (AvgIpc) is 2.45. The number of nitro groups is 1. The molecule has 0 saturated carbocycles. The lowest BCUT2D eigenvalue weighted by atomic mass is 10.1. The van der Waals surface area contributed by atoms with Crippen LogP contribution in [-0.4, -0.2) is 26.5 Å². The largest absolute Gasteiger partial charge is 0.387 e. The van der Waals surface area contributed by atoms with Gasteiger partial charge in [0.25, 0.3) is 0 Å². The molecule has 0 saturated heterocycles. The third kappa shape index (κ3) is 3.56. The Morgan fingerprint density at radius 3 is 2.81 bits per heavy atom. The third-order valence-electron chi connectivity index (χ3n) is 2.71. The van der Waals surface area contributed by atoms with Crippen LogP contribution in [0.3, 0.4) is 0 Å². The number of nitrogens with two attached hydrogens (primary N) is 1. The van der Waals surface area contributed by atoms with Crippen LogP contribution >= 0.6 is 11.6 Å². The number of hydrogen-bond acceptors (Lipinski definition) is 7. The first-order valence-corrected chi connectivity index (χ1v) is 6.30. The van der Waals surface area contributed by atoms with E-state index in [1.807, 2.05) is 0 Å². The van der Waals surface area contributed by atoms with E-state index >= 15 is 0 Å². The molecule has 1 unspecified atom stereocenters. The molecule has 110 valence electrons. The van der Waals surface area contributed by atoms with Gasteiger partial charge in [0, 0.05) is 17.1 Å². The van der Waals surface area contributed by atoms with Crippen LogP contribution in [0.2, 0.25) is 5.02 Å². The highest BCUT2D eigenvalue weighted by atomic mass is 35.5. The molecular weight excluding hydrogens is 298 g/mol. The summed E-state index contributed by atoms with van der Waals surface area (Å²) in [6, 6.07) is 6.87. The topological polar surface area (TPSA) is 127 Å². The second-order valence-electron chi connectivity index (χ2n) is 4.14. The van der Waals surface area contributed by atoms with Crippen LogP contribution in [-0.2, 0) is 0 Å². The minimum absolute atomic E-state index is 0.0843. The molecule has 21 heavy (non-hydrogen) atoms. The fraction of sp³-hybridized carbons (Fsp3) is 0.167. The lowest BCUT2D eigenvalue weighted by molar-refractivity contribution is -0.384. The summed E-state index contributed by atoms with van der Waals surface area (Å²) in [6.07, 6.45) is 0.130. The molecule has 2 rings (SSSR count). The highest BCUT2D eigenvalue weighted by molar-refractivity contribution is 6.31. The second kappa shape index (κ2) is 6.33. The molecule has 0 radical (unpaired) electrons. The maximum absolute atomic E-state index is 10.6. The molecule has 0 fully saturated rings. The number of nitrogen functional groups attached to an aromatic ring is 1. The molecular formula is C12H12ClN5O3. The van der Waals surface area contributed by atoms with Gasteiger partial charge in [0.1, 0.15) is 6.20 Å². The summed E-state index contributed by atoms with van der Waals surface area (Å²) in [7, 11) is 0. The standard InChI is InChI=1S/C12H12ClN5O3/c13-8-4-2-1-3-7(8)10(19)6-16-12-15-5-9(18(20)21)11(14)17-12/h1-5,10,19H,6H2,(H3,14,15,16,17). The van der Waals surface area contributed by atoms with E-state index in [9.17, 15) is 15.2 Å². The van der Waals surface area contributed by atoms with Gasteiger partial charge in [0.15, 0.2) is 0 Å². The number of benzene rings is 1. The fourth-order valence-corrected chi connectivity index (χ4v) is 1.92. The van der Waals surface area contributed by atoms with Crippen LogP contribution in [0.5, 0.6) is 0 Å². The molecule has 0 bridgehead atoms. The zero-order valence-corrected chi connectivity index (χ0v) is 11.5. The number of nitrogens with one attached hydrogen (secondary N) is 1. The number of hydrogen-bond donors (Lipinski definition) is 3. The summed E-state index contributed by atoms with van der Waals surface area (Å²) in [5, 5.41) is 23.8. The van der Waals surface area contributed by atoms with Crippen molar-refractivity contribution in [2.24, 2.45) is 0 Å². The molecule has 4 N–H and O–H groups in total. The number of anilines is 2. The minimum atomic E-state index is -0.876. The van der Waals surface area contributed by atoms with Crippen molar-refractivity contribution in [2.45, 2.75) is 6.10 Å². The Morgan fingerprint density at radius 2 is 2.19 bits per heavy atom. The maximum atomic E-state index is 10.6. The molecule has 0 aliphatic heterocycles. The van der Waals surface area contributed by atoms with Crippen molar-refractivity contribution < 1.29 is 10.0 Å². The van der Waals surface area contributed by atoms with Crippen LogP contribution < -0.4 is 11.1 Å². The first kappa shape index (κ1) is 14.9. The van der Waals surface area contributed by atoms with Gasteiger partial charge >= 0.3 is 5.69 Å². The number of nitrogens with zero attached hydrogens (tertiary/aromatic N) is 3. The average molecular weight is 310 g/mol. The monoisotopic (exact) mass is 309 g/mol. The minimum Gasteiger partial charge on any atom is -0.387 e. The van der Waals surface area contributed by atoms with Crippen molar-refractivity contribution >= 4 is 29.1 Å². The summed E-state index contributed by atoms with van der Waals surface area (Å²) >= 11 is 5.97. The number of rotatable bonds is 5. The van der Waals surface area contributed by atoms with E-state index < -0.39 is 11.0 Å². The molecule has 9 heteroatoms. The summed E-state index contributed by atoms with van der Waals surface area (Å²) in [5.41, 5.74) is 5.64. The van der Waals surface area contributed by atoms with Crippen LogP contribution in [0.4, 0.5) is 17.5 Å². The van der Waals surface area contributed by atoms with E-state index in [4.69, 9.17) is 17.3 Å². The van der Waals surface area contributed by atoms with Gasteiger partial charge in [-0.15, -0.1) is 0 Å². The van der Waals surface area contributed by atoms with E-state index in [-0.39, 0.29) is 24.0 Å². The molecule has 1 aromatic carbocycles. The molecule has 1 aromatic heterocycles. The maximum Gasteiger partial charge on any atom is 0.329 e. The normalized spacial score (nSPS) is 11.9. The summed E-state index contributed by atoms with van der Waals surface area (Å²) < 4.78 is 0. The molecule has 0 amide bonds. The highest BCUT2D eigenvalue weighted by Gasteiger charge is 2.15. The van der Waals surface area contributed by atoms with Gasteiger partial charge in [-0.2, -0.15) is 4.98 Å². The molecule has 1 heterocycles. The number of halogens is 1. The van der Waals surface area contributed by atoms with Gasteiger partial charge in [-0.25, -0.2) is 4.98 Å². The van der Waals surface area contributed by atoms with Crippen molar-refractivity contribution in [1.82, 2.24) is 9.97 Å². The van der Waals surface area contributed by atoms with Gasteiger partial charge in [0.2, 0.25) is 11.8 Å².